The van der Waals surface area contributed by atoms with Gasteiger partial charge in [0.1, 0.15) is 11.8 Å². The molecule has 3 atom stereocenters. The average Bonchev–Trinajstić information content (AvgIpc) is 2.64. The van der Waals surface area contributed by atoms with Crippen molar-refractivity contribution in [1.82, 2.24) is 4.90 Å². The summed E-state index contributed by atoms with van der Waals surface area (Å²) in [6.45, 7) is 0. The third-order valence-electron chi connectivity index (χ3n) is 4.43. The van der Waals surface area contributed by atoms with E-state index in [9.17, 15) is 5.11 Å². The van der Waals surface area contributed by atoms with E-state index in [4.69, 9.17) is 5.26 Å². The monoisotopic (exact) mass is 274 g/mol. The minimum Gasteiger partial charge on any atom is -0.508 e. The van der Waals surface area contributed by atoms with Crippen molar-refractivity contribution in [3.05, 3.63) is 23.8 Å². The smallest absolute Gasteiger partial charge is 0.116 e. The van der Waals surface area contributed by atoms with Gasteiger partial charge >= 0.3 is 0 Å². The highest BCUT2D eigenvalue weighted by atomic mass is 32.2. The van der Waals surface area contributed by atoms with E-state index in [1.54, 1.807) is 12.1 Å². The first-order valence-electron chi connectivity index (χ1n) is 6.79. The highest BCUT2D eigenvalue weighted by Crippen LogP contribution is 2.42. The lowest BCUT2D eigenvalue weighted by Gasteiger charge is -2.36. The zero-order valence-electron chi connectivity index (χ0n) is 11.0. The van der Waals surface area contributed by atoms with Gasteiger partial charge in [-0.1, -0.05) is 0 Å². The number of piperidine rings is 1. The lowest BCUT2D eigenvalue weighted by Crippen LogP contribution is -2.40. The molecule has 2 heterocycles. The van der Waals surface area contributed by atoms with Crippen molar-refractivity contribution in [2.75, 3.05) is 7.05 Å². The lowest BCUT2D eigenvalue weighted by atomic mass is 10.0. The van der Waals surface area contributed by atoms with Crippen LogP contribution in [0.1, 0.15) is 31.2 Å². The van der Waals surface area contributed by atoms with Crippen LogP contribution in [0, 0.1) is 11.3 Å². The second-order valence-corrected chi connectivity index (χ2v) is 6.90. The largest absolute Gasteiger partial charge is 0.508 e. The summed E-state index contributed by atoms with van der Waals surface area (Å²) in [5.41, 5.74) is 0.594. The van der Waals surface area contributed by atoms with Gasteiger partial charge in [-0.3, -0.25) is 0 Å². The van der Waals surface area contributed by atoms with Gasteiger partial charge in [0.25, 0.3) is 0 Å². The van der Waals surface area contributed by atoms with E-state index in [0.717, 1.165) is 17.0 Å². The maximum atomic E-state index is 9.44. The molecule has 0 saturated carbocycles. The van der Waals surface area contributed by atoms with Crippen molar-refractivity contribution < 1.29 is 5.11 Å². The molecule has 2 bridgehead atoms. The normalized spacial score (nSPS) is 30.2. The van der Waals surface area contributed by atoms with Gasteiger partial charge in [0.05, 0.1) is 5.56 Å². The van der Waals surface area contributed by atoms with Crippen LogP contribution in [-0.4, -0.2) is 34.4 Å². The number of benzene rings is 1. The summed E-state index contributed by atoms with van der Waals surface area (Å²) in [5.74, 6) is 0.171. The second kappa shape index (κ2) is 5.07. The number of hydrogen-bond acceptors (Lipinski definition) is 4. The Hall–Kier alpha value is -1.18. The van der Waals surface area contributed by atoms with E-state index in [1.807, 2.05) is 17.8 Å². The van der Waals surface area contributed by atoms with Crippen LogP contribution in [0.5, 0.6) is 5.75 Å². The first-order chi connectivity index (χ1) is 9.17. The Bertz CT molecular complexity index is 511. The van der Waals surface area contributed by atoms with Gasteiger partial charge in [-0.05, 0) is 50.9 Å². The number of fused-ring (bicyclic) bond motifs is 2. The molecule has 2 saturated heterocycles. The van der Waals surface area contributed by atoms with E-state index in [1.165, 1.54) is 25.7 Å². The number of aromatic hydroxyl groups is 1. The zero-order valence-corrected chi connectivity index (χ0v) is 11.9. The summed E-state index contributed by atoms with van der Waals surface area (Å²) in [7, 11) is 2.24. The van der Waals surface area contributed by atoms with Gasteiger partial charge in [0.2, 0.25) is 0 Å². The van der Waals surface area contributed by atoms with Crippen LogP contribution in [0.2, 0.25) is 0 Å². The van der Waals surface area contributed by atoms with E-state index in [2.05, 4.69) is 18.0 Å². The molecule has 100 valence electrons. The number of nitriles is 1. The minimum atomic E-state index is 0.171. The number of nitrogens with zero attached hydrogens (tertiary/aromatic N) is 2. The Morgan fingerprint density at radius 2 is 2.00 bits per heavy atom. The van der Waals surface area contributed by atoms with Crippen LogP contribution in [0.4, 0.5) is 0 Å². The fourth-order valence-electron chi connectivity index (χ4n) is 3.35. The average molecular weight is 274 g/mol. The van der Waals surface area contributed by atoms with Crippen molar-refractivity contribution in [1.29, 1.82) is 5.26 Å². The Morgan fingerprint density at radius 3 is 2.63 bits per heavy atom. The molecule has 2 aliphatic rings. The molecule has 0 amide bonds. The highest BCUT2D eigenvalue weighted by Gasteiger charge is 2.38. The summed E-state index contributed by atoms with van der Waals surface area (Å²) in [6.07, 6.45) is 5.06. The molecule has 19 heavy (non-hydrogen) atoms. The topological polar surface area (TPSA) is 47.3 Å². The summed E-state index contributed by atoms with van der Waals surface area (Å²) < 4.78 is 0. The summed E-state index contributed by atoms with van der Waals surface area (Å²) in [6, 6.07) is 8.73. The Balaban J connectivity index is 1.75. The summed E-state index contributed by atoms with van der Waals surface area (Å²) in [5, 5.41) is 19.2. The molecule has 3 nitrogen and oxygen atoms in total. The fourth-order valence-corrected chi connectivity index (χ4v) is 4.72. The van der Waals surface area contributed by atoms with Crippen molar-refractivity contribution >= 4 is 11.8 Å². The minimum absolute atomic E-state index is 0.171. The zero-order chi connectivity index (χ0) is 13.4. The fraction of sp³-hybridized carbons (Fsp3) is 0.533. The maximum absolute atomic E-state index is 9.44. The number of thioether (sulfide) groups is 1. The molecule has 1 aromatic carbocycles. The van der Waals surface area contributed by atoms with Gasteiger partial charge in [-0.2, -0.15) is 5.26 Å². The van der Waals surface area contributed by atoms with Crippen LogP contribution >= 0.6 is 11.8 Å². The molecule has 0 unspecified atom stereocenters. The van der Waals surface area contributed by atoms with E-state index in [0.29, 0.717) is 10.8 Å². The molecule has 2 aliphatic heterocycles. The summed E-state index contributed by atoms with van der Waals surface area (Å²) in [4.78, 5) is 3.54. The molecule has 0 spiro atoms. The van der Waals surface area contributed by atoms with Gasteiger partial charge in [-0.25, -0.2) is 0 Å². The second-order valence-electron chi connectivity index (χ2n) is 5.55. The predicted octanol–water partition coefficient (Wildman–Crippen LogP) is 2.98. The van der Waals surface area contributed by atoms with E-state index < -0.39 is 0 Å². The van der Waals surface area contributed by atoms with Crippen molar-refractivity contribution in [3.8, 4) is 11.8 Å². The van der Waals surface area contributed by atoms with Gasteiger partial charge in [0, 0.05) is 22.2 Å². The Kier molecular flexibility index (Phi) is 3.42. The molecule has 3 rings (SSSR count). The van der Waals surface area contributed by atoms with Crippen LogP contribution in [0.3, 0.4) is 0 Å². The predicted molar refractivity (Wildman–Crippen MR) is 76.3 cm³/mol. The Labute approximate surface area is 118 Å². The number of rotatable bonds is 2. The number of hydrogen-bond donors (Lipinski definition) is 1. The molecule has 0 aromatic heterocycles. The van der Waals surface area contributed by atoms with Crippen LogP contribution in [0.15, 0.2) is 23.1 Å². The molecule has 1 aromatic rings. The van der Waals surface area contributed by atoms with Crippen LogP contribution in [-0.2, 0) is 0 Å². The molecule has 0 radical (unpaired) electrons. The Morgan fingerprint density at radius 1 is 1.32 bits per heavy atom. The van der Waals surface area contributed by atoms with Gasteiger partial charge in [0.15, 0.2) is 0 Å². The molecule has 0 aliphatic carbocycles. The van der Waals surface area contributed by atoms with E-state index >= 15 is 0 Å². The van der Waals surface area contributed by atoms with Gasteiger partial charge < -0.3 is 10.0 Å². The van der Waals surface area contributed by atoms with E-state index in [-0.39, 0.29) is 5.75 Å². The van der Waals surface area contributed by atoms with Crippen molar-refractivity contribution in [3.63, 3.8) is 0 Å². The third-order valence-corrected chi connectivity index (χ3v) is 5.76. The molecule has 4 heteroatoms. The quantitative estimate of drug-likeness (QED) is 0.900. The number of phenolic OH excluding ortho intramolecular Hbond substituents is 1. The standard InChI is InChI=1S/C15H18N2OS/c1-17-11-2-3-12(17)8-14(7-11)19-15-5-4-13(18)6-10(15)9-16/h4-6,11-12,14,18H,2-3,7-8H2,1H3/t11-,12+,14-. The van der Waals surface area contributed by atoms with Crippen LogP contribution < -0.4 is 0 Å². The molecule has 2 fully saturated rings. The molecular weight excluding hydrogens is 256 g/mol. The van der Waals surface area contributed by atoms with Gasteiger partial charge in [-0.15, -0.1) is 11.8 Å². The molecule has 1 N–H and O–H groups in total. The molecular formula is C15H18N2OS. The first-order valence-corrected chi connectivity index (χ1v) is 7.67. The lowest BCUT2D eigenvalue weighted by molar-refractivity contribution is 0.183. The van der Waals surface area contributed by atoms with Crippen LogP contribution in [0.25, 0.3) is 0 Å². The third kappa shape index (κ3) is 2.45. The number of phenols is 1. The highest BCUT2D eigenvalue weighted by molar-refractivity contribution is 8.00. The first kappa shape index (κ1) is 12.8. The SMILES string of the molecule is CN1[C@@H]2CC[C@H]1C[C@H](Sc1ccc(O)cc1C#N)C2. The maximum Gasteiger partial charge on any atom is 0.116 e. The van der Waals surface area contributed by atoms with Crippen molar-refractivity contribution in [2.24, 2.45) is 0 Å². The van der Waals surface area contributed by atoms with Crippen molar-refractivity contribution in [2.45, 2.75) is 47.9 Å². The summed E-state index contributed by atoms with van der Waals surface area (Å²) >= 11 is 1.81.